The average Bonchev–Trinajstić information content (AvgIpc) is 3.19. The van der Waals surface area contributed by atoms with Gasteiger partial charge in [-0.2, -0.15) is 0 Å². The Hall–Kier alpha value is -5.55. The van der Waals surface area contributed by atoms with Crippen molar-refractivity contribution in [1.82, 2.24) is 0 Å². The highest BCUT2D eigenvalue weighted by atomic mass is 16.5. The molecule has 3 aromatic carbocycles. The zero-order chi connectivity index (χ0) is 38.2. The molecule has 0 bridgehead atoms. The lowest BCUT2D eigenvalue weighted by molar-refractivity contribution is -0.137. The van der Waals surface area contributed by atoms with E-state index in [0.717, 1.165) is 82.5 Å². The van der Waals surface area contributed by atoms with Gasteiger partial charge in [-0.25, -0.2) is 9.59 Å². The van der Waals surface area contributed by atoms with Crippen LogP contribution in [0.2, 0.25) is 0 Å². The molecule has 0 aliphatic carbocycles. The van der Waals surface area contributed by atoms with Gasteiger partial charge in [0.2, 0.25) is 0 Å². The number of nitrogens with one attached hydrogen (secondary N) is 1. The molecule has 1 N–H and O–H groups in total. The van der Waals surface area contributed by atoms with Crippen LogP contribution in [-0.2, 0) is 19.1 Å². The second-order valence-corrected chi connectivity index (χ2v) is 10.9. The van der Waals surface area contributed by atoms with Crippen LogP contribution in [0, 0.1) is 5.41 Å². The van der Waals surface area contributed by atoms with Gasteiger partial charge in [-0.3, -0.25) is 9.59 Å². The predicted molar refractivity (Wildman–Crippen MR) is 201 cm³/mol. The van der Waals surface area contributed by atoms with Gasteiger partial charge in [0, 0.05) is 37.1 Å². The molecule has 11 heteroatoms. The third-order valence-electron chi connectivity index (χ3n) is 7.01. The number of carbonyl (C=O) groups excluding carboxylic acids is 4. The Morgan fingerprint density at radius 3 is 1.69 bits per heavy atom. The summed E-state index contributed by atoms with van der Waals surface area (Å²) in [5.74, 6) is 1.46. The molecule has 52 heavy (non-hydrogen) atoms. The van der Waals surface area contributed by atoms with Crippen molar-refractivity contribution < 1.29 is 47.6 Å². The van der Waals surface area contributed by atoms with Crippen molar-refractivity contribution in [3.8, 4) is 23.0 Å². The Labute approximate surface area is 307 Å². The predicted octanol–water partition coefficient (Wildman–Crippen LogP) is 8.04. The first-order chi connectivity index (χ1) is 25.3. The summed E-state index contributed by atoms with van der Waals surface area (Å²) in [4.78, 5) is 42.8. The van der Waals surface area contributed by atoms with Gasteiger partial charge in [0.1, 0.15) is 35.6 Å². The molecule has 0 heterocycles. The minimum Gasteiger partial charge on any atom is -0.497 e. The van der Waals surface area contributed by atoms with E-state index in [1.807, 2.05) is 12.1 Å². The molecule has 3 rings (SSSR count). The normalized spacial score (nSPS) is 9.73. The third-order valence-corrected chi connectivity index (χ3v) is 7.01. The van der Waals surface area contributed by atoms with Crippen LogP contribution in [-0.4, -0.2) is 71.4 Å². The summed E-state index contributed by atoms with van der Waals surface area (Å²) < 4.78 is 31.7. The lowest BCUT2D eigenvalue weighted by Crippen LogP contribution is -2.10. The highest BCUT2D eigenvalue weighted by Gasteiger charge is 2.12. The first-order valence-electron chi connectivity index (χ1n) is 17.0. The van der Waals surface area contributed by atoms with E-state index in [1.165, 1.54) is 19.6 Å². The summed E-state index contributed by atoms with van der Waals surface area (Å²) in [6, 6.07) is 18.8. The average molecular weight is 718 g/mol. The summed E-state index contributed by atoms with van der Waals surface area (Å²) in [5, 5.41) is 7.47. The molecule has 0 aliphatic rings. The van der Waals surface area contributed by atoms with E-state index >= 15 is 0 Å². The van der Waals surface area contributed by atoms with Crippen LogP contribution in [0.5, 0.6) is 23.0 Å². The van der Waals surface area contributed by atoms with Crippen LogP contribution in [0.25, 0.3) is 0 Å². The number of ether oxygens (including phenoxy) is 6. The van der Waals surface area contributed by atoms with E-state index < -0.39 is 11.9 Å². The molecule has 0 fully saturated rings. The number of unbranched alkanes of at least 4 members (excludes halogenated alkanes) is 6. The monoisotopic (exact) mass is 717 g/mol. The highest BCUT2D eigenvalue weighted by Crippen LogP contribution is 2.24. The maximum absolute atomic E-state index is 12.4. The number of methoxy groups -OCH3 is 2. The zero-order valence-electron chi connectivity index (χ0n) is 30.2. The topological polar surface area (TPSA) is 148 Å². The van der Waals surface area contributed by atoms with Crippen molar-refractivity contribution >= 4 is 30.7 Å². The van der Waals surface area contributed by atoms with Crippen LogP contribution in [0.3, 0.4) is 0 Å². The summed E-state index contributed by atoms with van der Waals surface area (Å²) in [6.45, 7) is 8.99. The molecular formula is C41H51NO10. The van der Waals surface area contributed by atoms with Crippen LogP contribution in [0.1, 0.15) is 77.6 Å². The van der Waals surface area contributed by atoms with Gasteiger partial charge in [-0.05, 0) is 118 Å². The maximum Gasteiger partial charge on any atom is 0.343 e. The van der Waals surface area contributed by atoms with Crippen LogP contribution in [0.4, 0.5) is 0 Å². The molecule has 11 nitrogen and oxygen atoms in total. The van der Waals surface area contributed by atoms with E-state index in [9.17, 15) is 14.4 Å². The largest absolute Gasteiger partial charge is 0.497 e. The van der Waals surface area contributed by atoms with Crippen molar-refractivity contribution in [2.45, 2.75) is 51.4 Å². The lowest BCUT2D eigenvalue weighted by atomic mass is 10.2. The highest BCUT2D eigenvalue weighted by molar-refractivity contribution is 5.93. The molecule has 3 aromatic rings. The summed E-state index contributed by atoms with van der Waals surface area (Å²) in [5.41, 5.74) is 1.51. The molecule has 0 spiro atoms. The van der Waals surface area contributed by atoms with E-state index in [2.05, 4.69) is 13.2 Å². The van der Waals surface area contributed by atoms with E-state index in [0.29, 0.717) is 53.4 Å². The van der Waals surface area contributed by atoms with Gasteiger partial charge in [0.05, 0.1) is 32.5 Å². The molecule has 0 amide bonds. The number of allylic oxidation sites excluding steroid dienone is 1. The Morgan fingerprint density at radius 2 is 1.21 bits per heavy atom. The Balaban J connectivity index is 0.000000539. The van der Waals surface area contributed by atoms with Gasteiger partial charge in [0.25, 0.3) is 0 Å². The number of rotatable bonds is 23. The SMILES string of the molecule is C=CC(=O)OCCCCCCOc1ccc(C(=O)Oc2ccc(OC)cc2C=N)cc1.C=CC=O.COCCCCCCOc1ccc(C=O)cc1. The van der Waals surface area contributed by atoms with Crippen molar-refractivity contribution in [3.05, 3.63) is 109 Å². The van der Waals surface area contributed by atoms with Crippen LogP contribution in [0.15, 0.2) is 92.0 Å². The lowest BCUT2D eigenvalue weighted by Gasteiger charge is -2.10. The summed E-state index contributed by atoms with van der Waals surface area (Å²) in [7, 11) is 3.26. The molecule has 0 aliphatic heterocycles. The summed E-state index contributed by atoms with van der Waals surface area (Å²) >= 11 is 0. The van der Waals surface area contributed by atoms with Gasteiger partial charge in [-0.15, -0.1) is 0 Å². The second kappa shape index (κ2) is 29.2. The molecule has 0 aromatic heterocycles. The van der Waals surface area contributed by atoms with Crippen molar-refractivity contribution in [3.63, 3.8) is 0 Å². The Bertz CT molecular complexity index is 1480. The Morgan fingerprint density at radius 1 is 0.692 bits per heavy atom. The number of hydrogen-bond donors (Lipinski definition) is 1. The molecular weight excluding hydrogens is 666 g/mol. The quantitative estimate of drug-likeness (QED) is 0.0255. The number of benzene rings is 3. The van der Waals surface area contributed by atoms with E-state index in [-0.39, 0.29) is 0 Å². The van der Waals surface area contributed by atoms with Crippen molar-refractivity contribution in [2.75, 3.05) is 40.6 Å². The fourth-order valence-electron chi connectivity index (χ4n) is 4.22. The van der Waals surface area contributed by atoms with Crippen LogP contribution >= 0.6 is 0 Å². The molecule has 0 unspecified atom stereocenters. The number of esters is 2. The summed E-state index contributed by atoms with van der Waals surface area (Å²) in [6.07, 6.45) is 13.0. The van der Waals surface area contributed by atoms with Crippen LogP contribution < -0.4 is 18.9 Å². The fraction of sp³-hybridized carbons (Fsp3) is 0.341. The first kappa shape index (κ1) is 44.5. The van der Waals surface area contributed by atoms with E-state index in [1.54, 1.807) is 61.7 Å². The minimum absolute atomic E-state index is 0.292. The number of carbonyl (C=O) groups is 4. The molecule has 0 saturated heterocycles. The van der Waals surface area contributed by atoms with E-state index in [4.69, 9.17) is 38.6 Å². The smallest absolute Gasteiger partial charge is 0.343 e. The fourth-order valence-corrected chi connectivity index (χ4v) is 4.22. The number of hydrogen-bond acceptors (Lipinski definition) is 11. The van der Waals surface area contributed by atoms with Gasteiger partial charge < -0.3 is 33.8 Å². The molecule has 0 saturated carbocycles. The standard InChI is InChI=1S/C24H27NO6.C14H20O3.C3H4O/c1-3-23(26)30-15-7-5-4-6-14-29-20-10-8-18(9-11-20)24(27)31-22-13-12-21(28-2)16-19(22)17-25;1-16-10-4-2-3-5-11-17-14-8-6-13(12-15)7-9-14;1-2-3-4/h3,8-13,16-17,25H,1,4-7,14-15H2,2H3;6-9,12H,2-5,10-11H2,1H3;2-3H,1H2. The second-order valence-electron chi connectivity index (χ2n) is 10.9. The molecule has 0 radical (unpaired) electrons. The van der Waals surface area contributed by atoms with Crippen molar-refractivity contribution in [1.29, 1.82) is 5.41 Å². The Kier molecular flexibility index (Phi) is 25.0. The third kappa shape index (κ3) is 20.2. The first-order valence-corrected chi connectivity index (χ1v) is 17.0. The number of aldehydes is 2. The zero-order valence-corrected chi connectivity index (χ0v) is 30.2. The van der Waals surface area contributed by atoms with Gasteiger partial charge >= 0.3 is 11.9 Å². The molecule has 0 atom stereocenters. The van der Waals surface area contributed by atoms with Crippen molar-refractivity contribution in [2.24, 2.45) is 0 Å². The molecule has 280 valence electrons. The maximum atomic E-state index is 12.4. The minimum atomic E-state index is -0.517. The van der Waals surface area contributed by atoms with Gasteiger partial charge in [-0.1, -0.05) is 19.6 Å². The van der Waals surface area contributed by atoms with Gasteiger partial charge in [0.15, 0.2) is 0 Å².